The molecule has 1 aromatic carbocycles. The third-order valence-electron chi connectivity index (χ3n) is 3.44. The van der Waals surface area contributed by atoms with Gasteiger partial charge < -0.3 is 14.6 Å². The molecule has 2 atom stereocenters. The molecule has 0 saturated heterocycles. The van der Waals surface area contributed by atoms with Gasteiger partial charge in [-0.25, -0.2) is 0 Å². The molecule has 1 N–H and O–H groups in total. The van der Waals surface area contributed by atoms with Crippen LogP contribution in [0.15, 0.2) is 42.7 Å². The van der Waals surface area contributed by atoms with E-state index in [9.17, 15) is 5.11 Å². The van der Waals surface area contributed by atoms with Crippen LogP contribution in [0.3, 0.4) is 0 Å². The average molecular weight is 257 g/mol. The smallest absolute Gasteiger partial charge is 0.231 e. The summed E-state index contributed by atoms with van der Waals surface area (Å²) < 4.78 is 10.6. The number of nitrogens with zero attached hydrogens (tertiary/aromatic N) is 1. The van der Waals surface area contributed by atoms with Gasteiger partial charge in [0, 0.05) is 18.3 Å². The van der Waals surface area contributed by atoms with E-state index in [1.807, 2.05) is 37.3 Å². The van der Waals surface area contributed by atoms with E-state index < -0.39 is 6.10 Å². The third kappa shape index (κ3) is 2.27. The number of benzene rings is 1. The van der Waals surface area contributed by atoms with Crippen molar-refractivity contribution >= 4 is 0 Å². The van der Waals surface area contributed by atoms with Gasteiger partial charge in [-0.05, 0) is 35.4 Å². The molecule has 2 aromatic rings. The monoisotopic (exact) mass is 257 g/mol. The van der Waals surface area contributed by atoms with Gasteiger partial charge in [0.25, 0.3) is 0 Å². The maximum atomic E-state index is 10.5. The number of aliphatic hydroxyl groups excluding tert-OH is 1. The minimum absolute atomic E-state index is 0.0108. The minimum Gasteiger partial charge on any atom is -0.454 e. The van der Waals surface area contributed by atoms with E-state index in [1.165, 1.54) is 0 Å². The second kappa shape index (κ2) is 4.90. The number of hydrogen-bond donors (Lipinski definition) is 1. The van der Waals surface area contributed by atoms with Crippen LogP contribution in [-0.2, 0) is 0 Å². The maximum absolute atomic E-state index is 10.5. The molecule has 1 aliphatic heterocycles. The number of aliphatic hydroxyl groups is 1. The lowest BCUT2D eigenvalue weighted by Gasteiger charge is -2.19. The van der Waals surface area contributed by atoms with Crippen LogP contribution in [-0.4, -0.2) is 16.9 Å². The van der Waals surface area contributed by atoms with Gasteiger partial charge in [-0.2, -0.15) is 0 Å². The van der Waals surface area contributed by atoms with E-state index >= 15 is 0 Å². The van der Waals surface area contributed by atoms with Gasteiger partial charge in [-0.15, -0.1) is 0 Å². The Bertz CT molecular complexity index is 571. The molecule has 1 aromatic heterocycles. The zero-order chi connectivity index (χ0) is 13.2. The Hall–Kier alpha value is -2.07. The molecule has 0 saturated carbocycles. The van der Waals surface area contributed by atoms with Gasteiger partial charge in [-0.3, -0.25) is 4.98 Å². The first kappa shape index (κ1) is 12.0. The van der Waals surface area contributed by atoms with Gasteiger partial charge in [0.1, 0.15) is 0 Å². The number of hydrogen-bond acceptors (Lipinski definition) is 4. The zero-order valence-electron chi connectivity index (χ0n) is 10.6. The van der Waals surface area contributed by atoms with Crippen molar-refractivity contribution in [2.75, 3.05) is 6.79 Å². The van der Waals surface area contributed by atoms with Crippen molar-refractivity contribution in [1.82, 2.24) is 4.98 Å². The lowest BCUT2D eigenvalue weighted by atomic mass is 9.91. The van der Waals surface area contributed by atoms with Crippen LogP contribution in [0.5, 0.6) is 11.5 Å². The van der Waals surface area contributed by atoms with E-state index in [0.29, 0.717) is 5.75 Å². The fourth-order valence-electron chi connectivity index (χ4n) is 2.24. The Morgan fingerprint density at radius 2 is 1.79 bits per heavy atom. The van der Waals surface area contributed by atoms with E-state index in [0.717, 1.165) is 16.9 Å². The van der Waals surface area contributed by atoms with Crippen molar-refractivity contribution in [2.45, 2.75) is 18.9 Å². The molecule has 1 aliphatic rings. The molecular formula is C15H15NO3. The lowest BCUT2D eigenvalue weighted by Crippen LogP contribution is -2.07. The van der Waals surface area contributed by atoms with Gasteiger partial charge in [-0.1, -0.05) is 13.0 Å². The predicted octanol–water partition coefficient (Wildman–Crippen LogP) is 2.65. The van der Waals surface area contributed by atoms with Crippen LogP contribution in [0.25, 0.3) is 0 Å². The Morgan fingerprint density at radius 3 is 2.58 bits per heavy atom. The molecule has 98 valence electrons. The molecule has 19 heavy (non-hydrogen) atoms. The van der Waals surface area contributed by atoms with E-state index in [2.05, 4.69) is 4.98 Å². The molecule has 0 fully saturated rings. The van der Waals surface area contributed by atoms with Gasteiger partial charge in [0.15, 0.2) is 11.5 Å². The molecule has 0 aliphatic carbocycles. The molecule has 0 amide bonds. The zero-order valence-corrected chi connectivity index (χ0v) is 10.6. The molecule has 3 rings (SSSR count). The topological polar surface area (TPSA) is 51.6 Å². The van der Waals surface area contributed by atoms with Gasteiger partial charge in [0.05, 0.1) is 6.10 Å². The average Bonchev–Trinajstić information content (AvgIpc) is 2.94. The number of pyridine rings is 1. The van der Waals surface area contributed by atoms with Crippen LogP contribution >= 0.6 is 0 Å². The number of aromatic nitrogens is 1. The summed E-state index contributed by atoms with van der Waals surface area (Å²) in [6, 6.07) is 9.38. The third-order valence-corrected chi connectivity index (χ3v) is 3.44. The number of rotatable bonds is 3. The summed E-state index contributed by atoms with van der Waals surface area (Å²) in [5, 5.41) is 10.5. The summed E-state index contributed by atoms with van der Waals surface area (Å²) in [5.41, 5.74) is 1.88. The van der Waals surface area contributed by atoms with Crippen molar-refractivity contribution in [2.24, 2.45) is 0 Å². The highest BCUT2D eigenvalue weighted by Crippen LogP contribution is 2.37. The first-order valence-electron chi connectivity index (χ1n) is 6.23. The fraction of sp³-hybridized carbons (Fsp3) is 0.267. The highest BCUT2D eigenvalue weighted by Gasteiger charge is 2.21. The molecule has 4 heteroatoms. The van der Waals surface area contributed by atoms with Crippen molar-refractivity contribution < 1.29 is 14.6 Å². The molecule has 0 spiro atoms. The minimum atomic E-state index is -0.586. The predicted molar refractivity (Wildman–Crippen MR) is 70.2 cm³/mol. The largest absolute Gasteiger partial charge is 0.454 e. The normalized spacial score (nSPS) is 16.1. The van der Waals surface area contributed by atoms with E-state index in [4.69, 9.17) is 9.47 Å². The molecule has 2 unspecified atom stereocenters. The molecule has 2 heterocycles. The Labute approximate surface area is 111 Å². The molecular weight excluding hydrogens is 242 g/mol. The summed E-state index contributed by atoms with van der Waals surface area (Å²) in [6.45, 7) is 2.24. The molecule has 0 bridgehead atoms. The molecule has 0 radical (unpaired) electrons. The van der Waals surface area contributed by atoms with Crippen LogP contribution in [0.2, 0.25) is 0 Å². The Morgan fingerprint density at radius 1 is 1.05 bits per heavy atom. The van der Waals surface area contributed by atoms with Crippen LogP contribution in [0, 0.1) is 0 Å². The van der Waals surface area contributed by atoms with Crippen LogP contribution in [0.1, 0.15) is 30.1 Å². The van der Waals surface area contributed by atoms with Crippen molar-refractivity contribution in [1.29, 1.82) is 0 Å². The SMILES string of the molecule is CC(c1ccncc1)C(O)c1ccc2c(c1)OCO2. The lowest BCUT2D eigenvalue weighted by molar-refractivity contribution is 0.151. The van der Waals surface area contributed by atoms with Crippen molar-refractivity contribution in [3.05, 3.63) is 53.9 Å². The highest BCUT2D eigenvalue weighted by molar-refractivity contribution is 5.45. The van der Waals surface area contributed by atoms with Gasteiger partial charge in [0.2, 0.25) is 6.79 Å². The van der Waals surface area contributed by atoms with E-state index in [-0.39, 0.29) is 12.7 Å². The van der Waals surface area contributed by atoms with E-state index in [1.54, 1.807) is 12.4 Å². The quantitative estimate of drug-likeness (QED) is 0.918. The first-order chi connectivity index (χ1) is 9.25. The Kier molecular flexibility index (Phi) is 3.09. The van der Waals surface area contributed by atoms with Crippen molar-refractivity contribution in [3.63, 3.8) is 0 Å². The first-order valence-corrected chi connectivity index (χ1v) is 6.23. The summed E-state index contributed by atoms with van der Waals surface area (Å²) in [4.78, 5) is 3.99. The fourth-order valence-corrected chi connectivity index (χ4v) is 2.24. The second-order valence-corrected chi connectivity index (χ2v) is 4.63. The standard InChI is InChI=1S/C15H15NO3/c1-10(11-4-6-16-7-5-11)15(17)12-2-3-13-14(8-12)19-9-18-13/h2-8,10,15,17H,9H2,1H3. The highest BCUT2D eigenvalue weighted by atomic mass is 16.7. The number of ether oxygens (including phenoxy) is 2. The van der Waals surface area contributed by atoms with Gasteiger partial charge >= 0.3 is 0 Å². The van der Waals surface area contributed by atoms with Crippen LogP contribution in [0.4, 0.5) is 0 Å². The summed E-state index contributed by atoms with van der Waals surface area (Å²) in [7, 11) is 0. The second-order valence-electron chi connectivity index (χ2n) is 4.63. The maximum Gasteiger partial charge on any atom is 0.231 e. The summed E-state index contributed by atoms with van der Waals surface area (Å²) in [6.07, 6.45) is 2.88. The Balaban J connectivity index is 1.86. The van der Waals surface area contributed by atoms with Crippen LogP contribution < -0.4 is 9.47 Å². The van der Waals surface area contributed by atoms with Crippen molar-refractivity contribution in [3.8, 4) is 11.5 Å². The summed E-state index contributed by atoms with van der Waals surface area (Å²) >= 11 is 0. The molecule has 4 nitrogen and oxygen atoms in total. The summed E-state index contributed by atoms with van der Waals surface area (Å²) in [5.74, 6) is 1.41. The number of fused-ring (bicyclic) bond motifs is 1.